The van der Waals surface area contributed by atoms with Gasteiger partial charge >= 0.3 is 6.18 Å². The molecule has 1 aromatic heterocycles. The molecule has 4 aromatic carbocycles. The number of hydrogen-bond donors (Lipinski definition) is 2. The van der Waals surface area contributed by atoms with Gasteiger partial charge in [0.15, 0.2) is 11.5 Å². The molecular weight excluding hydrogens is 489 g/mol. The number of rotatable bonds is 7. The molecule has 192 valence electrons. The number of para-hydroxylation sites is 1. The molecule has 4 nitrogen and oxygen atoms in total. The third-order valence-corrected chi connectivity index (χ3v) is 6.41. The molecule has 0 aliphatic rings. The van der Waals surface area contributed by atoms with E-state index in [0.29, 0.717) is 24.1 Å². The molecule has 0 atom stereocenters. The van der Waals surface area contributed by atoms with Crippen molar-refractivity contribution in [3.8, 4) is 22.6 Å². The average Bonchev–Trinajstić information content (AvgIpc) is 2.92. The van der Waals surface area contributed by atoms with Crippen LogP contribution >= 0.6 is 0 Å². The average molecular weight is 515 g/mol. The summed E-state index contributed by atoms with van der Waals surface area (Å²) in [5.74, 6) is 0.444. The molecule has 0 bridgehead atoms. The summed E-state index contributed by atoms with van der Waals surface area (Å²) in [6, 6.07) is 26.7. The van der Waals surface area contributed by atoms with Crippen LogP contribution in [0.5, 0.6) is 11.5 Å². The van der Waals surface area contributed by atoms with Gasteiger partial charge in [-0.05, 0) is 64.6 Å². The number of alkyl halides is 3. The zero-order valence-corrected chi connectivity index (χ0v) is 20.6. The molecule has 0 unspecified atom stereocenters. The van der Waals surface area contributed by atoms with E-state index in [9.17, 15) is 18.3 Å². The maximum absolute atomic E-state index is 13.8. The number of halogens is 3. The van der Waals surface area contributed by atoms with Crippen LogP contribution in [0.3, 0.4) is 0 Å². The van der Waals surface area contributed by atoms with Crippen LogP contribution in [0.15, 0.2) is 97.2 Å². The number of benzene rings is 4. The van der Waals surface area contributed by atoms with E-state index in [2.05, 4.69) is 10.3 Å². The molecular formula is C31H25F3N2O2. The van der Waals surface area contributed by atoms with E-state index in [0.717, 1.165) is 39.6 Å². The molecule has 0 saturated carbocycles. The summed E-state index contributed by atoms with van der Waals surface area (Å²) in [4.78, 5) is 4.28. The lowest BCUT2D eigenvalue weighted by atomic mass is 9.91. The highest BCUT2D eigenvalue weighted by atomic mass is 19.4. The highest BCUT2D eigenvalue weighted by Gasteiger charge is 2.33. The molecule has 5 rings (SSSR count). The first kappa shape index (κ1) is 25.1. The van der Waals surface area contributed by atoms with Crippen LogP contribution in [0.25, 0.3) is 22.0 Å². The number of aromatic hydroxyl groups is 1. The Bertz CT molecular complexity index is 1580. The van der Waals surface area contributed by atoms with E-state index in [1.54, 1.807) is 30.5 Å². The fourth-order valence-electron chi connectivity index (χ4n) is 4.60. The van der Waals surface area contributed by atoms with Gasteiger partial charge < -0.3 is 15.2 Å². The SMILES string of the molecule is COc1cc(CNc2cccc(-c3c(Cc4ccccc4)cnc4c(C(F)(F)F)cccc34)c2)ccc1O. The Kier molecular flexibility index (Phi) is 6.92. The van der Waals surface area contributed by atoms with Gasteiger partial charge in [-0.1, -0.05) is 60.7 Å². The molecule has 2 N–H and O–H groups in total. The Balaban J connectivity index is 1.57. The van der Waals surface area contributed by atoms with Crippen molar-refractivity contribution < 1.29 is 23.0 Å². The number of nitrogens with zero attached hydrogens (tertiary/aromatic N) is 1. The Morgan fingerprint density at radius 3 is 2.42 bits per heavy atom. The van der Waals surface area contributed by atoms with Crippen LogP contribution in [-0.2, 0) is 19.1 Å². The summed E-state index contributed by atoms with van der Waals surface area (Å²) in [6.07, 6.45) is -2.43. The van der Waals surface area contributed by atoms with Crippen molar-refractivity contribution in [1.82, 2.24) is 4.98 Å². The first-order valence-corrected chi connectivity index (χ1v) is 12.1. The van der Waals surface area contributed by atoms with Crippen molar-refractivity contribution in [2.75, 3.05) is 12.4 Å². The maximum Gasteiger partial charge on any atom is 0.418 e. The lowest BCUT2D eigenvalue weighted by Gasteiger charge is -2.17. The summed E-state index contributed by atoms with van der Waals surface area (Å²) in [6.45, 7) is 0.465. The van der Waals surface area contributed by atoms with Crippen LogP contribution < -0.4 is 10.1 Å². The first-order valence-electron chi connectivity index (χ1n) is 12.1. The van der Waals surface area contributed by atoms with Crippen molar-refractivity contribution in [2.45, 2.75) is 19.1 Å². The topological polar surface area (TPSA) is 54.4 Å². The number of pyridine rings is 1. The number of fused-ring (bicyclic) bond motifs is 1. The Hall–Kier alpha value is -4.52. The molecule has 7 heteroatoms. The highest BCUT2D eigenvalue weighted by Crippen LogP contribution is 2.39. The normalized spacial score (nSPS) is 11.5. The molecule has 0 fully saturated rings. The summed E-state index contributed by atoms with van der Waals surface area (Å²) < 4.78 is 46.7. The molecule has 0 aliphatic carbocycles. The van der Waals surface area contributed by atoms with Crippen LogP contribution in [0.2, 0.25) is 0 Å². The lowest BCUT2D eigenvalue weighted by molar-refractivity contribution is -0.136. The minimum absolute atomic E-state index is 0.0620. The summed E-state index contributed by atoms with van der Waals surface area (Å²) in [5.41, 5.74) is 4.27. The minimum atomic E-state index is -4.51. The van der Waals surface area contributed by atoms with E-state index in [1.165, 1.54) is 13.2 Å². The number of aromatic nitrogens is 1. The van der Waals surface area contributed by atoms with Crippen molar-refractivity contribution in [1.29, 1.82) is 0 Å². The number of phenols is 1. The molecule has 1 heterocycles. The Labute approximate surface area is 218 Å². The molecule has 0 spiro atoms. The largest absolute Gasteiger partial charge is 0.504 e. The third-order valence-electron chi connectivity index (χ3n) is 6.41. The number of phenolic OH excluding ortho intramolecular Hbond substituents is 1. The predicted octanol–water partition coefficient (Wildman–Crippen LogP) is 7.84. The number of hydrogen-bond acceptors (Lipinski definition) is 4. The van der Waals surface area contributed by atoms with Gasteiger partial charge in [0.25, 0.3) is 0 Å². The van der Waals surface area contributed by atoms with Crippen molar-refractivity contribution >= 4 is 16.6 Å². The van der Waals surface area contributed by atoms with Crippen molar-refractivity contribution in [2.24, 2.45) is 0 Å². The van der Waals surface area contributed by atoms with E-state index in [-0.39, 0.29) is 11.3 Å². The van der Waals surface area contributed by atoms with Gasteiger partial charge in [0.05, 0.1) is 18.2 Å². The molecule has 38 heavy (non-hydrogen) atoms. The van der Waals surface area contributed by atoms with Gasteiger partial charge in [-0.15, -0.1) is 0 Å². The maximum atomic E-state index is 13.8. The smallest absolute Gasteiger partial charge is 0.418 e. The van der Waals surface area contributed by atoms with Gasteiger partial charge in [0, 0.05) is 23.8 Å². The van der Waals surface area contributed by atoms with E-state index in [4.69, 9.17) is 4.74 Å². The van der Waals surface area contributed by atoms with E-state index in [1.807, 2.05) is 54.6 Å². The fourth-order valence-corrected chi connectivity index (χ4v) is 4.60. The van der Waals surface area contributed by atoms with E-state index >= 15 is 0 Å². The molecule has 0 radical (unpaired) electrons. The number of nitrogens with one attached hydrogen (secondary N) is 1. The quantitative estimate of drug-likeness (QED) is 0.232. The second kappa shape index (κ2) is 10.5. The van der Waals surface area contributed by atoms with Gasteiger partial charge in [0.1, 0.15) is 0 Å². The van der Waals surface area contributed by atoms with Gasteiger partial charge in [-0.2, -0.15) is 13.2 Å². The Morgan fingerprint density at radius 2 is 1.66 bits per heavy atom. The minimum Gasteiger partial charge on any atom is -0.504 e. The summed E-state index contributed by atoms with van der Waals surface area (Å²) >= 11 is 0. The van der Waals surface area contributed by atoms with Gasteiger partial charge in [0.2, 0.25) is 0 Å². The molecule has 0 amide bonds. The molecule has 0 saturated heterocycles. The second-order valence-electron chi connectivity index (χ2n) is 8.96. The van der Waals surface area contributed by atoms with Gasteiger partial charge in [-0.25, -0.2) is 0 Å². The number of methoxy groups -OCH3 is 1. The van der Waals surface area contributed by atoms with Gasteiger partial charge in [-0.3, -0.25) is 4.98 Å². The monoisotopic (exact) mass is 514 g/mol. The Morgan fingerprint density at radius 1 is 0.868 bits per heavy atom. The summed E-state index contributed by atoms with van der Waals surface area (Å²) in [5, 5.41) is 13.7. The van der Waals surface area contributed by atoms with E-state index < -0.39 is 11.7 Å². The van der Waals surface area contributed by atoms with Crippen molar-refractivity contribution in [3.63, 3.8) is 0 Å². The van der Waals surface area contributed by atoms with Crippen LogP contribution in [0.4, 0.5) is 18.9 Å². The second-order valence-corrected chi connectivity index (χ2v) is 8.96. The standard InChI is InChI=1S/C31H25F3N2O2/c1-38-28-16-21(13-14-27(28)37)18-35-24-10-5-9-22(17-24)29-23(15-20-7-3-2-4-8-20)19-36-30-25(29)11-6-12-26(30)31(32,33)34/h2-14,16-17,19,35,37H,15,18H2,1H3. The first-order chi connectivity index (χ1) is 18.3. The van der Waals surface area contributed by atoms with Crippen LogP contribution in [-0.4, -0.2) is 17.2 Å². The zero-order valence-electron chi connectivity index (χ0n) is 20.6. The summed E-state index contributed by atoms with van der Waals surface area (Å²) in [7, 11) is 1.49. The lowest BCUT2D eigenvalue weighted by Crippen LogP contribution is -2.07. The fraction of sp³-hybridized carbons (Fsp3) is 0.129. The zero-order chi connectivity index (χ0) is 26.7. The van der Waals surface area contributed by atoms with Crippen molar-refractivity contribution in [3.05, 3.63) is 119 Å². The molecule has 5 aromatic rings. The molecule has 0 aliphatic heterocycles. The highest BCUT2D eigenvalue weighted by molar-refractivity contribution is 5.98. The third kappa shape index (κ3) is 5.27. The van der Waals surface area contributed by atoms with Crippen LogP contribution in [0.1, 0.15) is 22.3 Å². The number of anilines is 1. The van der Waals surface area contributed by atoms with Crippen LogP contribution in [0, 0.1) is 0 Å². The number of ether oxygens (including phenoxy) is 1. The predicted molar refractivity (Wildman–Crippen MR) is 143 cm³/mol.